The molecule has 1 saturated heterocycles. The van der Waals surface area contributed by atoms with E-state index >= 15 is 0 Å². The Labute approximate surface area is 158 Å². The zero-order valence-corrected chi connectivity index (χ0v) is 15.5. The Morgan fingerprint density at radius 3 is 2.73 bits per heavy atom. The average Bonchev–Trinajstić information content (AvgIpc) is 3.28. The van der Waals surface area contributed by atoms with Crippen molar-refractivity contribution in [1.29, 1.82) is 0 Å². The minimum absolute atomic E-state index is 0.112. The van der Waals surface area contributed by atoms with Crippen LogP contribution >= 0.6 is 15.9 Å². The molecule has 1 aliphatic rings. The van der Waals surface area contributed by atoms with Gasteiger partial charge >= 0.3 is 0 Å². The lowest BCUT2D eigenvalue weighted by Gasteiger charge is -2.18. The number of halogens is 1. The van der Waals surface area contributed by atoms with Crippen LogP contribution in [0, 0.1) is 5.92 Å². The molecule has 8 heteroatoms. The van der Waals surface area contributed by atoms with Crippen LogP contribution in [-0.2, 0) is 20.9 Å². The number of nitrogens with zero attached hydrogens (tertiary/aromatic N) is 1. The lowest BCUT2D eigenvalue weighted by molar-refractivity contribution is -0.129. The van der Waals surface area contributed by atoms with Crippen molar-refractivity contribution in [3.63, 3.8) is 0 Å². The van der Waals surface area contributed by atoms with Crippen LogP contribution in [0.4, 0.5) is 5.69 Å². The molecule has 7 nitrogen and oxygen atoms in total. The largest absolute Gasteiger partial charge is 0.467 e. The molecule has 3 rings (SSSR count). The van der Waals surface area contributed by atoms with Gasteiger partial charge in [0.15, 0.2) is 0 Å². The van der Waals surface area contributed by atoms with E-state index in [1.807, 2.05) is 24.3 Å². The van der Waals surface area contributed by atoms with Crippen LogP contribution in [0.25, 0.3) is 0 Å². The van der Waals surface area contributed by atoms with Crippen molar-refractivity contribution in [2.45, 2.75) is 13.0 Å². The molecule has 26 heavy (non-hydrogen) atoms. The van der Waals surface area contributed by atoms with E-state index < -0.39 is 5.92 Å². The molecule has 0 unspecified atom stereocenters. The van der Waals surface area contributed by atoms with Gasteiger partial charge in [-0.15, -0.1) is 0 Å². The second-order valence-electron chi connectivity index (χ2n) is 5.93. The van der Waals surface area contributed by atoms with E-state index in [-0.39, 0.29) is 37.2 Å². The Bertz CT molecular complexity index is 807. The maximum atomic E-state index is 12.3. The van der Waals surface area contributed by atoms with Gasteiger partial charge in [-0.25, -0.2) is 0 Å². The molecule has 0 aliphatic carbocycles. The summed E-state index contributed by atoms with van der Waals surface area (Å²) in [6.07, 6.45) is 1.65. The third-order valence-corrected chi connectivity index (χ3v) is 4.77. The van der Waals surface area contributed by atoms with Crippen molar-refractivity contribution in [2.75, 3.05) is 18.0 Å². The summed E-state index contributed by atoms with van der Waals surface area (Å²) in [6, 6.07) is 10.9. The highest BCUT2D eigenvalue weighted by Crippen LogP contribution is 2.31. The monoisotopic (exact) mass is 419 g/mol. The van der Waals surface area contributed by atoms with Gasteiger partial charge in [-0.2, -0.15) is 0 Å². The smallest absolute Gasteiger partial charge is 0.239 e. The molecule has 1 aromatic carbocycles. The summed E-state index contributed by atoms with van der Waals surface area (Å²) in [5.74, 6) is -0.579. The Morgan fingerprint density at radius 2 is 2.00 bits per heavy atom. The first kappa shape index (κ1) is 18.2. The van der Waals surface area contributed by atoms with E-state index in [4.69, 9.17) is 4.42 Å². The molecule has 2 aromatic rings. The number of furan rings is 1. The van der Waals surface area contributed by atoms with E-state index in [1.54, 1.807) is 17.0 Å². The van der Waals surface area contributed by atoms with Gasteiger partial charge in [-0.1, -0.05) is 12.1 Å². The van der Waals surface area contributed by atoms with E-state index in [2.05, 4.69) is 26.6 Å². The Hall–Kier alpha value is -2.61. The predicted molar refractivity (Wildman–Crippen MR) is 98.2 cm³/mol. The highest BCUT2D eigenvalue weighted by molar-refractivity contribution is 9.10. The predicted octanol–water partition coefficient (Wildman–Crippen LogP) is 1.83. The molecule has 1 atom stereocenters. The van der Waals surface area contributed by atoms with Crippen LogP contribution in [-0.4, -0.2) is 30.8 Å². The van der Waals surface area contributed by atoms with Gasteiger partial charge in [0.25, 0.3) is 0 Å². The van der Waals surface area contributed by atoms with Gasteiger partial charge in [-0.3, -0.25) is 14.4 Å². The van der Waals surface area contributed by atoms with E-state index in [9.17, 15) is 14.4 Å². The maximum Gasteiger partial charge on any atom is 0.239 e. The second-order valence-corrected chi connectivity index (χ2v) is 6.79. The summed E-state index contributed by atoms with van der Waals surface area (Å²) in [6.45, 7) is 0.417. The van der Waals surface area contributed by atoms with Crippen molar-refractivity contribution in [2.24, 2.45) is 5.92 Å². The minimum atomic E-state index is -0.479. The quantitative estimate of drug-likeness (QED) is 0.746. The number of hydrogen-bond donors (Lipinski definition) is 2. The third kappa shape index (κ3) is 4.32. The molecule has 136 valence electrons. The summed E-state index contributed by atoms with van der Waals surface area (Å²) in [7, 11) is 0. The SMILES string of the molecule is O=C(CNC(=O)[C@H]1CC(=O)N(c2ccccc2Br)C1)NCc1ccco1. The van der Waals surface area contributed by atoms with Crippen molar-refractivity contribution in [3.8, 4) is 0 Å². The van der Waals surface area contributed by atoms with Gasteiger partial charge in [-0.05, 0) is 40.2 Å². The Kier molecular flexibility index (Phi) is 5.72. The fraction of sp³-hybridized carbons (Fsp3) is 0.278. The number of para-hydroxylation sites is 1. The number of hydrogen-bond acceptors (Lipinski definition) is 4. The Morgan fingerprint density at radius 1 is 1.19 bits per heavy atom. The lowest BCUT2D eigenvalue weighted by Crippen LogP contribution is -2.40. The van der Waals surface area contributed by atoms with Gasteiger partial charge < -0.3 is 20.0 Å². The minimum Gasteiger partial charge on any atom is -0.467 e. The molecule has 0 radical (unpaired) electrons. The maximum absolute atomic E-state index is 12.3. The van der Waals surface area contributed by atoms with Gasteiger partial charge in [0.2, 0.25) is 17.7 Å². The first-order valence-electron chi connectivity index (χ1n) is 8.16. The van der Waals surface area contributed by atoms with E-state index in [1.165, 1.54) is 6.26 Å². The third-order valence-electron chi connectivity index (χ3n) is 4.10. The molecule has 2 N–H and O–H groups in total. The van der Waals surface area contributed by atoms with Crippen molar-refractivity contribution in [1.82, 2.24) is 10.6 Å². The number of amides is 3. The fourth-order valence-electron chi connectivity index (χ4n) is 2.76. The number of carbonyl (C=O) groups is 3. The molecule has 0 spiro atoms. The molecule has 1 aliphatic heterocycles. The summed E-state index contributed by atoms with van der Waals surface area (Å²) < 4.78 is 5.92. The van der Waals surface area contributed by atoms with Gasteiger partial charge in [0.05, 0.1) is 31.0 Å². The van der Waals surface area contributed by atoms with Crippen molar-refractivity contribution in [3.05, 3.63) is 52.9 Å². The number of rotatable bonds is 6. The molecule has 2 heterocycles. The van der Waals surface area contributed by atoms with Crippen LogP contribution in [0.5, 0.6) is 0 Å². The molecular weight excluding hydrogens is 402 g/mol. The van der Waals surface area contributed by atoms with E-state index in [0.717, 1.165) is 10.2 Å². The lowest BCUT2D eigenvalue weighted by atomic mass is 10.1. The molecule has 3 amide bonds. The average molecular weight is 420 g/mol. The summed E-state index contributed by atoms with van der Waals surface area (Å²) in [4.78, 5) is 37.9. The highest BCUT2D eigenvalue weighted by atomic mass is 79.9. The summed E-state index contributed by atoms with van der Waals surface area (Å²) >= 11 is 3.42. The molecule has 1 fully saturated rings. The number of nitrogens with one attached hydrogen (secondary N) is 2. The zero-order chi connectivity index (χ0) is 18.5. The highest BCUT2D eigenvalue weighted by Gasteiger charge is 2.35. The van der Waals surface area contributed by atoms with E-state index in [0.29, 0.717) is 12.3 Å². The van der Waals surface area contributed by atoms with Crippen LogP contribution < -0.4 is 15.5 Å². The zero-order valence-electron chi connectivity index (χ0n) is 13.9. The van der Waals surface area contributed by atoms with Crippen LogP contribution in [0.3, 0.4) is 0 Å². The van der Waals surface area contributed by atoms with Gasteiger partial charge in [0, 0.05) is 17.4 Å². The molecule has 0 bridgehead atoms. The van der Waals surface area contributed by atoms with Crippen LogP contribution in [0.1, 0.15) is 12.2 Å². The second kappa shape index (κ2) is 8.18. The number of carbonyl (C=O) groups excluding carboxylic acids is 3. The van der Waals surface area contributed by atoms with Crippen molar-refractivity contribution >= 4 is 39.3 Å². The fourth-order valence-corrected chi connectivity index (χ4v) is 3.26. The molecule has 0 saturated carbocycles. The number of anilines is 1. The normalized spacial score (nSPS) is 16.6. The summed E-state index contributed by atoms with van der Waals surface area (Å²) in [5, 5.41) is 5.24. The molecule has 1 aromatic heterocycles. The van der Waals surface area contributed by atoms with Crippen LogP contribution in [0.15, 0.2) is 51.6 Å². The topological polar surface area (TPSA) is 91.7 Å². The first-order valence-corrected chi connectivity index (χ1v) is 8.95. The molecular formula is C18H18BrN3O4. The van der Waals surface area contributed by atoms with Crippen LogP contribution in [0.2, 0.25) is 0 Å². The standard InChI is InChI=1S/C18H18BrN3O4/c19-14-5-1-2-6-15(14)22-11-12(8-17(22)24)18(25)21-10-16(23)20-9-13-4-3-7-26-13/h1-7,12H,8-11H2,(H,20,23)(H,21,25)/t12-/m0/s1. The van der Waals surface area contributed by atoms with Crippen molar-refractivity contribution < 1.29 is 18.8 Å². The Balaban J connectivity index is 1.49. The number of benzene rings is 1. The summed E-state index contributed by atoms with van der Waals surface area (Å²) in [5.41, 5.74) is 0.740. The van der Waals surface area contributed by atoms with Gasteiger partial charge in [0.1, 0.15) is 5.76 Å². The first-order chi connectivity index (χ1) is 12.5.